The highest BCUT2D eigenvalue weighted by molar-refractivity contribution is 7.92. The lowest BCUT2D eigenvalue weighted by Crippen LogP contribution is -2.28. The van der Waals surface area contributed by atoms with Crippen molar-refractivity contribution in [1.29, 1.82) is 0 Å². The average molecular weight is 223 g/mol. The molecule has 0 amide bonds. The highest BCUT2D eigenvalue weighted by Crippen LogP contribution is 2.06. The molecule has 0 spiro atoms. The van der Waals surface area contributed by atoms with Gasteiger partial charge in [-0.2, -0.15) is 0 Å². The zero-order valence-electron chi connectivity index (χ0n) is 8.78. The minimum atomic E-state index is -2.99. The van der Waals surface area contributed by atoms with Gasteiger partial charge >= 0.3 is 0 Å². The van der Waals surface area contributed by atoms with Crippen LogP contribution in [0.5, 0.6) is 0 Å². The molecule has 0 aliphatic rings. The molecule has 0 aromatic rings. The standard InChI is InChI=1S/C9H21NO3S/c1-9(8-10)14(12,13)7-5-3-2-4-6-11/h9,11H,2-8,10H2,1H3. The summed E-state index contributed by atoms with van der Waals surface area (Å²) in [4.78, 5) is 0. The van der Waals surface area contributed by atoms with Crippen LogP contribution in [0.4, 0.5) is 0 Å². The lowest BCUT2D eigenvalue weighted by Gasteiger charge is -2.09. The minimum Gasteiger partial charge on any atom is -0.396 e. The lowest BCUT2D eigenvalue weighted by molar-refractivity contribution is 0.283. The van der Waals surface area contributed by atoms with E-state index in [1.807, 2.05) is 0 Å². The van der Waals surface area contributed by atoms with E-state index < -0.39 is 15.1 Å². The van der Waals surface area contributed by atoms with Crippen LogP contribution in [0.1, 0.15) is 32.6 Å². The molecule has 0 aliphatic carbocycles. The fraction of sp³-hybridized carbons (Fsp3) is 1.00. The van der Waals surface area contributed by atoms with Crippen molar-refractivity contribution in [1.82, 2.24) is 0 Å². The SMILES string of the molecule is CC(CN)S(=O)(=O)CCCCCCO. The van der Waals surface area contributed by atoms with Crippen LogP contribution < -0.4 is 5.73 Å². The second kappa shape index (κ2) is 7.20. The van der Waals surface area contributed by atoms with Crippen LogP contribution in [0.2, 0.25) is 0 Å². The monoisotopic (exact) mass is 223 g/mol. The van der Waals surface area contributed by atoms with Crippen LogP contribution >= 0.6 is 0 Å². The minimum absolute atomic E-state index is 0.186. The summed E-state index contributed by atoms with van der Waals surface area (Å²) in [5.41, 5.74) is 5.30. The Hall–Kier alpha value is -0.130. The third kappa shape index (κ3) is 5.57. The molecule has 1 atom stereocenters. The van der Waals surface area contributed by atoms with Crippen LogP contribution in [-0.2, 0) is 9.84 Å². The molecule has 0 aromatic heterocycles. The second-order valence-corrected chi connectivity index (χ2v) is 6.09. The summed E-state index contributed by atoms with van der Waals surface area (Å²) in [5, 5.41) is 8.09. The van der Waals surface area contributed by atoms with Crippen molar-refractivity contribution in [2.24, 2.45) is 5.73 Å². The number of rotatable bonds is 8. The number of unbranched alkanes of at least 4 members (excludes halogenated alkanes) is 3. The predicted octanol–water partition coefficient (Wildman–Crippen LogP) is 0.301. The van der Waals surface area contributed by atoms with E-state index in [-0.39, 0.29) is 18.9 Å². The van der Waals surface area contributed by atoms with Gasteiger partial charge in [-0.3, -0.25) is 0 Å². The largest absolute Gasteiger partial charge is 0.396 e. The lowest BCUT2D eigenvalue weighted by atomic mass is 10.2. The van der Waals surface area contributed by atoms with Gasteiger partial charge in [-0.25, -0.2) is 8.42 Å². The quantitative estimate of drug-likeness (QED) is 0.580. The van der Waals surface area contributed by atoms with Crippen molar-refractivity contribution in [3.63, 3.8) is 0 Å². The molecule has 0 heterocycles. The fourth-order valence-corrected chi connectivity index (χ4v) is 2.42. The Morgan fingerprint density at radius 3 is 2.29 bits per heavy atom. The molecule has 3 N–H and O–H groups in total. The van der Waals surface area contributed by atoms with Crippen molar-refractivity contribution in [2.45, 2.75) is 37.9 Å². The summed E-state index contributed by atoms with van der Waals surface area (Å²) < 4.78 is 22.9. The molecule has 14 heavy (non-hydrogen) atoms. The maximum atomic E-state index is 11.5. The fourth-order valence-electron chi connectivity index (χ4n) is 1.12. The Labute approximate surface area is 86.4 Å². The van der Waals surface area contributed by atoms with E-state index in [1.54, 1.807) is 6.92 Å². The van der Waals surface area contributed by atoms with Crippen LogP contribution in [0, 0.1) is 0 Å². The summed E-state index contributed by atoms with van der Waals surface area (Å²) in [6, 6.07) is 0. The zero-order chi connectivity index (χ0) is 11.0. The van der Waals surface area contributed by atoms with Crippen molar-refractivity contribution in [3.05, 3.63) is 0 Å². The number of hydrogen-bond donors (Lipinski definition) is 2. The Morgan fingerprint density at radius 2 is 1.79 bits per heavy atom. The van der Waals surface area contributed by atoms with Crippen molar-refractivity contribution < 1.29 is 13.5 Å². The van der Waals surface area contributed by atoms with Gasteiger partial charge in [-0.15, -0.1) is 0 Å². The van der Waals surface area contributed by atoms with Gasteiger partial charge in [0.1, 0.15) is 0 Å². The van der Waals surface area contributed by atoms with Gasteiger partial charge in [0.05, 0.1) is 11.0 Å². The molecule has 0 saturated heterocycles. The topological polar surface area (TPSA) is 80.4 Å². The molecule has 0 rings (SSSR count). The molecular formula is C9H21NO3S. The third-order valence-electron chi connectivity index (χ3n) is 2.28. The van der Waals surface area contributed by atoms with E-state index in [0.29, 0.717) is 6.42 Å². The molecule has 0 radical (unpaired) electrons. The first-order valence-electron chi connectivity index (χ1n) is 5.07. The van der Waals surface area contributed by atoms with Crippen LogP contribution in [0.3, 0.4) is 0 Å². The van der Waals surface area contributed by atoms with Crippen molar-refractivity contribution in [2.75, 3.05) is 18.9 Å². The van der Waals surface area contributed by atoms with Gasteiger partial charge < -0.3 is 10.8 Å². The molecular weight excluding hydrogens is 202 g/mol. The Kier molecular flexibility index (Phi) is 7.13. The Balaban J connectivity index is 3.67. The number of aliphatic hydroxyl groups excluding tert-OH is 1. The first-order valence-corrected chi connectivity index (χ1v) is 6.78. The molecule has 1 unspecified atom stereocenters. The maximum Gasteiger partial charge on any atom is 0.154 e. The smallest absolute Gasteiger partial charge is 0.154 e. The molecule has 5 heteroatoms. The van der Waals surface area contributed by atoms with Gasteiger partial charge in [0.25, 0.3) is 0 Å². The summed E-state index contributed by atoms with van der Waals surface area (Å²) in [6.07, 6.45) is 3.18. The van der Waals surface area contributed by atoms with E-state index in [4.69, 9.17) is 10.8 Å². The maximum absolute atomic E-state index is 11.5. The van der Waals surface area contributed by atoms with E-state index in [1.165, 1.54) is 0 Å². The zero-order valence-corrected chi connectivity index (χ0v) is 9.59. The Bertz CT molecular complexity index is 226. The number of sulfone groups is 1. The first-order chi connectivity index (χ1) is 6.54. The number of nitrogens with two attached hydrogens (primary N) is 1. The van der Waals surface area contributed by atoms with Gasteiger partial charge in [-0.05, 0) is 19.8 Å². The van der Waals surface area contributed by atoms with E-state index in [0.717, 1.165) is 19.3 Å². The first kappa shape index (κ1) is 13.9. The summed E-state index contributed by atoms with van der Waals surface area (Å²) in [5.74, 6) is 0.219. The molecule has 0 aliphatic heterocycles. The average Bonchev–Trinajstić information content (AvgIpc) is 2.16. The third-order valence-corrected chi connectivity index (χ3v) is 4.56. The molecule has 0 bridgehead atoms. The van der Waals surface area contributed by atoms with Gasteiger partial charge in [0, 0.05) is 13.2 Å². The van der Waals surface area contributed by atoms with Gasteiger partial charge in [0.2, 0.25) is 0 Å². The number of hydrogen-bond acceptors (Lipinski definition) is 4. The molecule has 0 fully saturated rings. The van der Waals surface area contributed by atoms with E-state index in [9.17, 15) is 8.42 Å². The number of aliphatic hydroxyl groups is 1. The summed E-state index contributed by atoms with van der Waals surface area (Å²) >= 11 is 0. The molecule has 0 saturated carbocycles. The van der Waals surface area contributed by atoms with E-state index >= 15 is 0 Å². The van der Waals surface area contributed by atoms with Crippen LogP contribution in [0.25, 0.3) is 0 Å². The van der Waals surface area contributed by atoms with E-state index in [2.05, 4.69) is 0 Å². The van der Waals surface area contributed by atoms with Crippen LogP contribution in [-0.4, -0.2) is 37.7 Å². The second-order valence-electron chi connectivity index (χ2n) is 3.55. The summed E-state index contributed by atoms with van der Waals surface area (Å²) in [6.45, 7) is 2.02. The molecule has 4 nitrogen and oxygen atoms in total. The highest BCUT2D eigenvalue weighted by Gasteiger charge is 2.18. The van der Waals surface area contributed by atoms with Gasteiger partial charge in [-0.1, -0.05) is 12.8 Å². The highest BCUT2D eigenvalue weighted by atomic mass is 32.2. The van der Waals surface area contributed by atoms with Crippen molar-refractivity contribution >= 4 is 9.84 Å². The normalized spacial score (nSPS) is 14.2. The summed E-state index contributed by atoms with van der Waals surface area (Å²) in [7, 11) is -2.99. The van der Waals surface area contributed by atoms with Gasteiger partial charge in [0.15, 0.2) is 9.84 Å². The van der Waals surface area contributed by atoms with Crippen molar-refractivity contribution in [3.8, 4) is 0 Å². The Morgan fingerprint density at radius 1 is 1.21 bits per heavy atom. The van der Waals surface area contributed by atoms with Crippen LogP contribution in [0.15, 0.2) is 0 Å². The molecule has 86 valence electrons. The molecule has 0 aromatic carbocycles. The predicted molar refractivity (Wildman–Crippen MR) is 57.9 cm³/mol.